The number of hydrazone groups is 1. The van der Waals surface area contributed by atoms with Gasteiger partial charge in [-0.3, -0.25) is 14.9 Å². The summed E-state index contributed by atoms with van der Waals surface area (Å²) < 4.78 is 5.72. The zero-order valence-corrected chi connectivity index (χ0v) is 15.7. The first-order valence-corrected chi connectivity index (χ1v) is 8.87. The third kappa shape index (κ3) is 5.74. The lowest BCUT2D eigenvalue weighted by Crippen LogP contribution is -2.17. The van der Waals surface area contributed by atoms with Crippen molar-refractivity contribution in [2.75, 3.05) is 0 Å². The number of amides is 1. The number of nitrogens with zero attached hydrogens (tertiary/aromatic N) is 2. The monoisotopic (exact) mass is 389 g/mol. The first kappa shape index (κ1) is 19.8. The number of aryl methyl sites for hydroxylation is 1. The van der Waals surface area contributed by atoms with Gasteiger partial charge in [0.05, 0.1) is 11.1 Å². The molecule has 0 bridgehead atoms. The van der Waals surface area contributed by atoms with Crippen molar-refractivity contribution in [3.05, 3.63) is 105 Å². The summed E-state index contributed by atoms with van der Waals surface area (Å²) in [5.74, 6) is 0.337. The molecular weight excluding hydrogens is 370 g/mol. The Morgan fingerprint density at radius 3 is 2.52 bits per heavy atom. The van der Waals surface area contributed by atoms with Crippen molar-refractivity contribution < 1.29 is 14.5 Å². The van der Waals surface area contributed by atoms with E-state index in [1.165, 1.54) is 18.3 Å². The van der Waals surface area contributed by atoms with Gasteiger partial charge in [-0.05, 0) is 54.4 Å². The van der Waals surface area contributed by atoms with E-state index in [2.05, 4.69) is 10.5 Å². The Morgan fingerprint density at radius 2 is 1.83 bits per heavy atom. The minimum Gasteiger partial charge on any atom is -0.489 e. The molecule has 0 saturated carbocycles. The highest BCUT2D eigenvalue weighted by Crippen LogP contribution is 2.16. The largest absolute Gasteiger partial charge is 0.489 e. The lowest BCUT2D eigenvalue weighted by Gasteiger charge is -2.07. The van der Waals surface area contributed by atoms with E-state index in [9.17, 15) is 14.9 Å². The van der Waals surface area contributed by atoms with Crippen molar-refractivity contribution in [3.63, 3.8) is 0 Å². The molecule has 0 fully saturated rings. The quantitative estimate of drug-likeness (QED) is 0.371. The molecule has 0 atom stereocenters. The van der Waals surface area contributed by atoms with Crippen LogP contribution in [-0.2, 0) is 6.61 Å². The maximum absolute atomic E-state index is 12.0. The fraction of sp³-hybridized carbons (Fsp3) is 0.0909. The second kappa shape index (κ2) is 9.27. The van der Waals surface area contributed by atoms with Crippen molar-refractivity contribution in [2.45, 2.75) is 13.5 Å². The molecule has 0 aliphatic heterocycles. The minimum atomic E-state index is -0.439. The van der Waals surface area contributed by atoms with Crippen LogP contribution >= 0.6 is 0 Å². The van der Waals surface area contributed by atoms with E-state index in [1.807, 2.05) is 31.2 Å². The highest BCUT2D eigenvalue weighted by Gasteiger charge is 2.05. The fourth-order valence-corrected chi connectivity index (χ4v) is 2.50. The van der Waals surface area contributed by atoms with Crippen molar-refractivity contribution in [3.8, 4) is 5.75 Å². The number of ether oxygens (including phenoxy) is 1. The molecule has 7 heteroatoms. The van der Waals surface area contributed by atoms with Crippen LogP contribution in [0.2, 0.25) is 0 Å². The van der Waals surface area contributed by atoms with Gasteiger partial charge in [0.2, 0.25) is 0 Å². The first-order chi connectivity index (χ1) is 14.0. The molecule has 3 rings (SSSR count). The number of benzene rings is 3. The van der Waals surface area contributed by atoms with Crippen molar-refractivity contribution in [2.24, 2.45) is 5.10 Å². The van der Waals surface area contributed by atoms with Gasteiger partial charge >= 0.3 is 0 Å². The van der Waals surface area contributed by atoms with Crippen LogP contribution in [0.5, 0.6) is 5.75 Å². The molecule has 0 saturated heterocycles. The standard InChI is InChI=1S/C22H19N3O4/c1-16-5-9-19(10-6-16)22(26)24-23-14-18-3-2-4-21(13-18)29-15-17-7-11-20(12-8-17)25(27)28/h2-14H,15H2,1H3,(H,24,26)/b23-14-. The molecule has 0 heterocycles. The molecule has 0 aromatic heterocycles. The van der Waals surface area contributed by atoms with Crippen LogP contribution in [-0.4, -0.2) is 17.0 Å². The second-order valence-corrected chi connectivity index (χ2v) is 6.35. The normalized spacial score (nSPS) is 10.7. The summed E-state index contributed by atoms with van der Waals surface area (Å²) in [6.07, 6.45) is 1.53. The van der Waals surface area contributed by atoms with E-state index in [0.29, 0.717) is 11.3 Å². The van der Waals surface area contributed by atoms with E-state index in [-0.39, 0.29) is 18.2 Å². The lowest BCUT2D eigenvalue weighted by atomic mass is 10.1. The average Bonchev–Trinajstić information content (AvgIpc) is 2.73. The molecule has 0 radical (unpaired) electrons. The van der Waals surface area contributed by atoms with Crippen LogP contribution in [0.25, 0.3) is 0 Å². The van der Waals surface area contributed by atoms with Gasteiger partial charge in [0.1, 0.15) is 12.4 Å². The van der Waals surface area contributed by atoms with Gasteiger partial charge < -0.3 is 4.74 Å². The van der Waals surface area contributed by atoms with Crippen molar-refractivity contribution in [1.82, 2.24) is 5.43 Å². The average molecular weight is 389 g/mol. The van der Waals surface area contributed by atoms with Gasteiger partial charge in [0.25, 0.3) is 11.6 Å². The number of hydrogen-bond acceptors (Lipinski definition) is 5. The third-order valence-electron chi connectivity index (χ3n) is 4.10. The molecular formula is C22H19N3O4. The van der Waals surface area contributed by atoms with E-state index >= 15 is 0 Å². The maximum atomic E-state index is 12.0. The van der Waals surface area contributed by atoms with Crippen LogP contribution in [0.3, 0.4) is 0 Å². The second-order valence-electron chi connectivity index (χ2n) is 6.35. The molecule has 1 amide bonds. The van der Waals surface area contributed by atoms with E-state index in [0.717, 1.165) is 16.7 Å². The van der Waals surface area contributed by atoms with Crippen LogP contribution in [0.15, 0.2) is 77.9 Å². The lowest BCUT2D eigenvalue weighted by molar-refractivity contribution is -0.384. The Bertz CT molecular complexity index is 1030. The fourth-order valence-electron chi connectivity index (χ4n) is 2.50. The Balaban J connectivity index is 1.56. The molecule has 0 spiro atoms. The number of hydrogen-bond donors (Lipinski definition) is 1. The Hall–Kier alpha value is -4.00. The number of nitro groups is 1. The predicted molar refractivity (Wildman–Crippen MR) is 110 cm³/mol. The molecule has 0 aliphatic carbocycles. The summed E-state index contributed by atoms with van der Waals surface area (Å²) in [5.41, 5.74) is 5.73. The van der Waals surface area contributed by atoms with Gasteiger partial charge in [-0.2, -0.15) is 5.10 Å². The summed E-state index contributed by atoms with van der Waals surface area (Å²) in [4.78, 5) is 22.3. The topological polar surface area (TPSA) is 93.8 Å². The summed E-state index contributed by atoms with van der Waals surface area (Å²) in [7, 11) is 0. The SMILES string of the molecule is Cc1ccc(C(=O)N/N=C\c2cccc(OCc3ccc([N+](=O)[O-])cc3)c2)cc1. The number of nitro benzene ring substituents is 1. The van der Waals surface area contributed by atoms with E-state index in [4.69, 9.17) is 4.74 Å². The highest BCUT2D eigenvalue weighted by molar-refractivity contribution is 5.94. The summed E-state index contributed by atoms with van der Waals surface area (Å²) >= 11 is 0. The van der Waals surface area contributed by atoms with Crippen LogP contribution in [0.4, 0.5) is 5.69 Å². The predicted octanol–water partition coefficient (Wildman–Crippen LogP) is 4.25. The van der Waals surface area contributed by atoms with Gasteiger partial charge in [-0.25, -0.2) is 5.43 Å². The first-order valence-electron chi connectivity index (χ1n) is 8.87. The smallest absolute Gasteiger partial charge is 0.271 e. The zero-order valence-electron chi connectivity index (χ0n) is 15.7. The highest BCUT2D eigenvalue weighted by atomic mass is 16.6. The zero-order chi connectivity index (χ0) is 20.6. The molecule has 3 aromatic rings. The van der Waals surface area contributed by atoms with Crippen LogP contribution in [0, 0.1) is 17.0 Å². The molecule has 0 unspecified atom stereocenters. The number of carbonyl (C=O) groups excluding carboxylic acids is 1. The number of carbonyl (C=O) groups is 1. The molecule has 3 aromatic carbocycles. The van der Waals surface area contributed by atoms with Gasteiger partial charge in [-0.1, -0.05) is 29.8 Å². The van der Waals surface area contributed by atoms with Gasteiger partial charge in [-0.15, -0.1) is 0 Å². The Labute approximate surface area is 167 Å². The third-order valence-corrected chi connectivity index (χ3v) is 4.10. The van der Waals surface area contributed by atoms with E-state index in [1.54, 1.807) is 36.4 Å². The Morgan fingerprint density at radius 1 is 1.10 bits per heavy atom. The van der Waals surface area contributed by atoms with Crippen molar-refractivity contribution in [1.29, 1.82) is 0 Å². The molecule has 0 aliphatic rings. The molecule has 7 nitrogen and oxygen atoms in total. The van der Waals surface area contributed by atoms with E-state index < -0.39 is 4.92 Å². The van der Waals surface area contributed by atoms with Crippen molar-refractivity contribution >= 4 is 17.8 Å². The minimum absolute atomic E-state index is 0.0413. The summed E-state index contributed by atoms with van der Waals surface area (Å²) in [5, 5.41) is 14.7. The summed E-state index contributed by atoms with van der Waals surface area (Å²) in [6.45, 7) is 2.24. The number of rotatable bonds is 7. The van der Waals surface area contributed by atoms with Gasteiger partial charge in [0, 0.05) is 17.7 Å². The number of nitrogens with one attached hydrogen (secondary N) is 1. The molecule has 146 valence electrons. The maximum Gasteiger partial charge on any atom is 0.271 e. The Kier molecular flexibility index (Phi) is 6.32. The summed E-state index contributed by atoms with van der Waals surface area (Å²) in [6, 6.07) is 20.6. The van der Waals surface area contributed by atoms with Gasteiger partial charge in [0.15, 0.2) is 0 Å². The molecule has 29 heavy (non-hydrogen) atoms. The van der Waals surface area contributed by atoms with Crippen LogP contribution in [0.1, 0.15) is 27.0 Å². The van der Waals surface area contributed by atoms with Crippen LogP contribution < -0.4 is 10.2 Å². The molecule has 1 N–H and O–H groups in total. The number of non-ortho nitro benzene ring substituents is 1.